The maximum Gasteiger partial charge on any atom is 0.191 e. The van der Waals surface area contributed by atoms with Crippen LogP contribution in [0.5, 0.6) is 0 Å². The number of aryl methyl sites for hydroxylation is 1. The molecule has 2 N–H and O–H groups in total. The third-order valence-corrected chi connectivity index (χ3v) is 4.29. The van der Waals surface area contributed by atoms with Crippen LogP contribution in [-0.4, -0.2) is 25.1 Å². The third kappa shape index (κ3) is 4.87. The smallest absolute Gasteiger partial charge is 0.191 e. The fraction of sp³-hybridized carbons (Fsp3) is 0.588. The van der Waals surface area contributed by atoms with Crippen molar-refractivity contribution in [1.82, 2.24) is 10.6 Å². The molecule has 21 heavy (non-hydrogen) atoms. The first-order chi connectivity index (χ1) is 9.52. The second-order valence-corrected chi connectivity index (χ2v) is 6.20. The molecule has 3 unspecified atom stereocenters. The van der Waals surface area contributed by atoms with Crippen molar-refractivity contribution in [1.29, 1.82) is 0 Å². The first-order valence-corrected chi connectivity index (χ1v) is 7.58. The second-order valence-electron chi connectivity index (χ2n) is 6.20. The van der Waals surface area contributed by atoms with E-state index in [1.807, 2.05) is 7.05 Å². The van der Waals surface area contributed by atoms with E-state index in [1.54, 1.807) is 0 Å². The highest BCUT2D eigenvalue weighted by molar-refractivity contribution is 14.0. The van der Waals surface area contributed by atoms with E-state index in [4.69, 9.17) is 0 Å². The number of aliphatic imine (C=N–C) groups is 1. The van der Waals surface area contributed by atoms with Gasteiger partial charge in [0.05, 0.1) is 0 Å². The minimum atomic E-state index is 0. The third-order valence-electron chi connectivity index (χ3n) is 4.29. The first kappa shape index (κ1) is 18.3. The maximum atomic E-state index is 4.34. The van der Waals surface area contributed by atoms with Crippen LogP contribution in [0.1, 0.15) is 44.2 Å². The molecule has 2 rings (SSSR count). The highest BCUT2D eigenvalue weighted by atomic mass is 127. The minimum absolute atomic E-state index is 0. The summed E-state index contributed by atoms with van der Waals surface area (Å²) in [7, 11) is 1.84. The van der Waals surface area contributed by atoms with Crippen molar-refractivity contribution in [3.05, 3.63) is 35.4 Å². The summed E-state index contributed by atoms with van der Waals surface area (Å²) in [5, 5.41) is 7.00. The summed E-state index contributed by atoms with van der Waals surface area (Å²) >= 11 is 0. The molecule has 3 atom stereocenters. The fourth-order valence-electron chi connectivity index (χ4n) is 2.43. The Morgan fingerprint density at radius 3 is 2.48 bits per heavy atom. The van der Waals surface area contributed by atoms with Gasteiger partial charge in [-0.2, -0.15) is 0 Å². The van der Waals surface area contributed by atoms with E-state index in [0.717, 1.165) is 5.96 Å². The molecule has 0 aromatic heterocycles. The quantitative estimate of drug-likeness (QED) is 0.459. The van der Waals surface area contributed by atoms with Crippen molar-refractivity contribution in [2.45, 2.75) is 52.1 Å². The van der Waals surface area contributed by atoms with Crippen LogP contribution in [0.25, 0.3) is 0 Å². The summed E-state index contributed by atoms with van der Waals surface area (Å²) in [5.74, 6) is 2.15. The fourth-order valence-corrected chi connectivity index (χ4v) is 2.43. The van der Waals surface area contributed by atoms with Crippen LogP contribution >= 0.6 is 24.0 Å². The van der Waals surface area contributed by atoms with Crippen LogP contribution in [0.4, 0.5) is 0 Å². The normalized spacial score (nSPS) is 22.5. The first-order valence-electron chi connectivity index (χ1n) is 7.58. The molecule has 0 saturated heterocycles. The topological polar surface area (TPSA) is 36.4 Å². The summed E-state index contributed by atoms with van der Waals surface area (Å²) in [6, 6.07) is 9.62. The summed E-state index contributed by atoms with van der Waals surface area (Å²) in [6.45, 7) is 8.83. The molecular weight excluding hydrogens is 373 g/mol. The number of rotatable bonds is 4. The maximum absolute atomic E-state index is 4.34. The molecule has 1 aromatic carbocycles. The van der Waals surface area contributed by atoms with E-state index in [2.05, 4.69) is 67.6 Å². The Kier molecular flexibility index (Phi) is 6.97. The van der Waals surface area contributed by atoms with Gasteiger partial charge >= 0.3 is 0 Å². The van der Waals surface area contributed by atoms with Crippen LogP contribution < -0.4 is 10.6 Å². The highest BCUT2D eigenvalue weighted by Crippen LogP contribution is 2.41. The minimum Gasteiger partial charge on any atom is -0.354 e. The van der Waals surface area contributed by atoms with Crippen molar-refractivity contribution >= 4 is 29.9 Å². The SMILES string of the molecule is CN=C(NC(C)C(C)C)NC1CC1c1ccccc1C.I. The van der Waals surface area contributed by atoms with Gasteiger partial charge in [-0.3, -0.25) is 4.99 Å². The van der Waals surface area contributed by atoms with Gasteiger partial charge in [0.15, 0.2) is 5.96 Å². The monoisotopic (exact) mass is 401 g/mol. The molecule has 4 heteroatoms. The van der Waals surface area contributed by atoms with Crippen LogP contribution in [0, 0.1) is 12.8 Å². The molecule has 1 aromatic rings. The van der Waals surface area contributed by atoms with E-state index in [-0.39, 0.29) is 24.0 Å². The lowest BCUT2D eigenvalue weighted by Gasteiger charge is -2.21. The van der Waals surface area contributed by atoms with Crippen LogP contribution in [0.15, 0.2) is 29.3 Å². The standard InChI is InChI=1S/C17H27N3.HI/c1-11(2)13(4)19-17(18-5)20-16-10-15(16)14-9-7-6-8-12(14)3;/h6-9,11,13,15-16H,10H2,1-5H3,(H2,18,19,20);1H. The number of hydrogen-bond donors (Lipinski definition) is 2. The van der Waals surface area contributed by atoms with E-state index in [9.17, 15) is 0 Å². The summed E-state index contributed by atoms with van der Waals surface area (Å²) in [4.78, 5) is 4.34. The molecule has 0 radical (unpaired) electrons. The van der Waals surface area contributed by atoms with Crippen molar-refractivity contribution in [3.8, 4) is 0 Å². The molecule has 1 aliphatic rings. The molecule has 0 amide bonds. The van der Waals surface area contributed by atoms with Gasteiger partial charge in [-0.05, 0) is 37.3 Å². The van der Waals surface area contributed by atoms with Crippen molar-refractivity contribution in [2.75, 3.05) is 7.05 Å². The predicted octanol–water partition coefficient (Wildman–Crippen LogP) is 3.68. The van der Waals surface area contributed by atoms with E-state index >= 15 is 0 Å². The second kappa shape index (κ2) is 8.01. The summed E-state index contributed by atoms with van der Waals surface area (Å²) in [5.41, 5.74) is 2.86. The van der Waals surface area contributed by atoms with Crippen LogP contribution in [0.3, 0.4) is 0 Å². The number of nitrogens with one attached hydrogen (secondary N) is 2. The Bertz CT molecular complexity index is 485. The number of nitrogens with zero attached hydrogens (tertiary/aromatic N) is 1. The lowest BCUT2D eigenvalue weighted by molar-refractivity contribution is 0.480. The van der Waals surface area contributed by atoms with Gasteiger partial charge in [0.25, 0.3) is 0 Å². The Labute approximate surface area is 146 Å². The average molecular weight is 401 g/mol. The Morgan fingerprint density at radius 2 is 1.90 bits per heavy atom. The average Bonchev–Trinajstić information content (AvgIpc) is 3.17. The molecule has 1 fully saturated rings. The highest BCUT2D eigenvalue weighted by Gasteiger charge is 2.39. The number of guanidine groups is 1. The van der Waals surface area contributed by atoms with Gasteiger partial charge in [-0.1, -0.05) is 38.1 Å². The molecule has 118 valence electrons. The molecule has 3 nitrogen and oxygen atoms in total. The van der Waals surface area contributed by atoms with Gasteiger partial charge in [-0.15, -0.1) is 24.0 Å². The van der Waals surface area contributed by atoms with Crippen molar-refractivity contribution < 1.29 is 0 Å². The zero-order valence-corrected chi connectivity index (χ0v) is 16.0. The van der Waals surface area contributed by atoms with E-state index < -0.39 is 0 Å². The Balaban J connectivity index is 0.00000220. The van der Waals surface area contributed by atoms with Crippen LogP contribution in [0.2, 0.25) is 0 Å². The lowest BCUT2D eigenvalue weighted by atomic mass is 10.0. The molecule has 0 bridgehead atoms. The Hall–Kier alpha value is -0.780. The van der Waals surface area contributed by atoms with Gasteiger partial charge in [0.1, 0.15) is 0 Å². The molecule has 0 spiro atoms. The number of hydrogen-bond acceptors (Lipinski definition) is 1. The zero-order valence-electron chi connectivity index (χ0n) is 13.7. The van der Waals surface area contributed by atoms with Gasteiger partial charge in [0.2, 0.25) is 0 Å². The largest absolute Gasteiger partial charge is 0.354 e. The molecule has 0 aliphatic heterocycles. The predicted molar refractivity (Wildman–Crippen MR) is 102 cm³/mol. The molecule has 1 saturated carbocycles. The number of halogens is 1. The Morgan fingerprint density at radius 1 is 1.24 bits per heavy atom. The van der Waals surface area contributed by atoms with E-state index in [1.165, 1.54) is 17.5 Å². The molecule has 1 aliphatic carbocycles. The van der Waals surface area contributed by atoms with Crippen LogP contribution in [-0.2, 0) is 0 Å². The summed E-state index contributed by atoms with van der Waals surface area (Å²) in [6.07, 6.45) is 1.20. The lowest BCUT2D eigenvalue weighted by Crippen LogP contribution is -2.45. The van der Waals surface area contributed by atoms with E-state index in [0.29, 0.717) is 23.9 Å². The van der Waals surface area contributed by atoms with Gasteiger partial charge < -0.3 is 10.6 Å². The molecular formula is C17H28IN3. The molecule has 0 heterocycles. The summed E-state index contributed by atoms with van der Waals surface area (Å²) < 4.78 is 0. The van der Waals surface area contributed by atoms with Crippen molar-refractivity contribution in [2.24, 2.45) is 10.9 Å². The van der Waals surface area contributed by atoms with Gasteiger partial charge in [-0.25, -0.2) is 0 Å². The van der Waals surface area contributed by atoms with Crippen molar-refractivity contribution in [3.63, 3.8) is 0 Å². The van der Waals surface area contributed by atoms with Gasteiger partial charge in [0, 0.05) is 25.0 Å². The number of benzene rings is 1. The zero-order chi connectivity index (χ0) is 14.7.